The molecule has 0 unspecified atom stereocenters. The summed E-state index contributed by atoms with van der Waals surface area (Å²) in [6.45, 7) is 2.49. The van der Waals surface area contributed by atoms with Crippen molar-refractivity contribution in [2.75, 3.05) is 20.3 Å². The van der Waals surface area contributed by atoms with Crippen molar-refractivity contribution in [1.29, 1.82) is 0 Å². The molecule has 0 aliphatic carbocycles. The molecule has 0 atom stereocenters. The van der Waals surface area contributed by atoms with E-state index in [1.807, 2.05) is 30.3 Å². The molecule has 0 spiro atoms. The highest BCUT2D eigenvalue weighted by Crippen LogP contribution is 2.40. The molecule has 0 radical (unpaired) electrons. The van der Waals surface area contributed by atoms with E-state index >= 15 is 0 Å². The van der Waals surface area contributed by atoms with Crippen LogP contribution in [0.3, 0.4) is 0 Å². The predicted molar refractivity (Wildman–Crippen MR) is 124 cm³/mol. The fraction of sp³-hybridized carbons (Fsp3) is 0.208. The molecule has 4 aromatic rings. The van der Waals surface area contributed by atoms with Crippen LogP contribution < -0.4 is 9.47 Å². The number of ether oxygens (including phenoxy) is 2. The molecule has 0 saturated carbocycles. The summed E-state index contributed by atoms with van der Waals surface area (Å²) in [5.41, 5.74) is 3.83. The van der Waals surface area contributed by atoms with Crippen molar-refractivity contribution in [1.82, 2.24) is 9.88 Å². The van der Waals surface area contributed by atoms with Crippen molar-refractivity contribution in [3.63, 3.8) is 0 Å². The molecule has 158 valence electrons. The summed E-state index contributed by atoms with van der Waals surface area (Å²) in [7, 11) is 1.66. The first-order chi connectivity index (χ1) is 15.1. The maximum atomic E-state index is 10.2. The third-order valence-corrected chi connectivity index (χ3v) is 6.70. The number of halogens is 1. The van der Waals surface area contributed by atoms with Crippen LogP contribution in [-0.4, -0.2) is 35.3 Å². The molecule has 5 nitrogen and oxygen atoms in total. The van der Waals surface area contributed by atoms with Crippen LogP contribution >= 0.6 is 22.9 Å². The van der Waals surface area contributed by atoms with E-state index in [2.05, 4.69) is 17.0 Å². The summed E-state index contributed by atoms with van der Waals surface area (Å²) in [6.07, 6.45) is 0. The molecule has 3 aromatic carbocycles. The number of phenols is 1. The Morgan fingerprint density at radius 3 is 2.90 bits per heavy atom. The van der Waals surface area contributed by atoms with E-state index in [0.717, 1.165) is 44.2 Å². The standard InChI is InChI=1S/C24H21ClN2O3S/c1-29-21-12-15(24-26-19-4-2-3-5-22(19)31-24)10-17-14-27(8-9-30-23(17)21)13-16-11-18(25)6-7-20(16)28/h2-7,10-12,28H,8-9,13-14H2,1H3. The molecule has 0 saturated heterocycles. The number of fused-ring (bicyclic) bond motifs is 2. The van der Waals surface area contributed by atoms with Gasteiger partial charge in [-0.2, -0.15) is 0 Å². The van der Waals surface area contributed by atoms with Crippen LogP contribution in [0.5, 0.6) is 17.2 Å². The summed E-state index contributed by atoms with van der Waals surface area (Å²) in [4.78, 5) is 7.03. The van der Waals surface area contributed by atoms with Gasteiger partial charge in [0.15, 0.2) is 11.5 Å². The Kier molecular flexibility index (Phi) is 5.44. The maximum absolute atomic E-state index is 10.2. The van der Waals surface area contributed by atoms with Gasteiger partial charge in [-0.3, -0.25) is 4.90 Å². The molecule has 1 aliphatic rings. The molecule has 31 heavy (non-hydrogen) atoms. The summed E-state index contributed by atoms with van der Waals surface area (Å²) in [5, 5.41) is 11.8. The number of aromatic hydroxyl groups is 1. The quantitative estimate of drug-likeness (QED) is 0.428. The fourth-order valence-electron chi connectivity index (χ4n) is 3.87. The zero-order valence-electron chi connectivity index (χ0n) is 17.0. The first-order valence-corrected chi connectivity index (χ1v) is 11.2. The Hall–Kier alpha value is -2.80. The van der Waals surface area contributed by atoms with Gasteiger partial charge in [-0.05, 0) is 42.5 Å². The summed E-state index contributed by atoms with van der Waals surface area (Å²) in [6, 6.07) is 17.4. The van der Waals surface area contributed by atoms with Crippen LogP contribution in [-0.2, 0) is 13.1 Å². The van der Waals surface area contributed by atoms with Crippen molar-refractivity contribution in [3.05, 3.63) is 70.7 Å². The lowest BCUT2D eigenvalue weighted by Gasteiger charge is -2.20. The molecule has 5 rings (SSSR count). The van der Waals surface area contributed by atoms with E-state index in [9.17, 15) is 5.11 Å². The summed E-state index contributed by atoms with van der Waals surface area (Å²) in [5.74, 6) is 1.72. The second-order valence-corrected chi connectivity index (χ2v) is 8.95. The van der Waals surface area contributed by atoms with Crippen LogP contribution in [0.25, 0.3) is 20.8 Å². The van der Waals surface area contributed by atoms with Gasteiger partial charge in [-0.15, -0.1) is 11.3 Å². The van der Waals surface area contributed by atoms with Crippen molar-refractivity contribution in [2.24, 2.45) is 0 Å². The van der Waals surface area contributed by atoms with Gasteiger partial charge < -0.3 is 14.6 Å². The Balaban J connectivity index is 1.51. The number of phenolic OH excluding ortho intramolecular Hbond substituents is 1. The number of rotatable bonds is 4. The summed E-state index contributed by atoms with van der Waals surface area (Å²) < 4.78 is 12.9. The molecule has 0 amide bonds. The maximum Gasteiger partial charge on any atom is 0.165 e. The first kappa shape index (κ1) is 20.1. The van der Waals surface area contributed by atoms with Gasteiger partial charge in [-0.25, -0.2) is 4.98 Å². The molecule has 1 aliphatic heterocycles. The Bertz CT molecular complexity index is 1220. The molecule has 7 heteroatoms. The zero-order valence-corrected chi connectivity index (χ0v) is 18.5. The largest absolute Gasteiger partial charge is 0.508 e. The van der Waals surface area contributed by atoms with E-state index in [4.69, 9.17) is 26.1 Å². The number of hydrogen-bond acceptors (Lipinski definition) is 6. The van der Waals surface area contributed by atoms with Crippen LogP contribution in [0.4, 0.5) is 0 Å². The van der Waals surface area contributed by atoms with Gasteiger partial charge in [-0.1, -0.05) is 23.7 Å². The summed E-state index contributed by atoms with van der Waals surface area (Å²) >= 11 is 7.80. The fourth-order valence-corrected chi connectivity index (χ4v) is 5.01. The lowest BCUT2D eigenvalue weighted by molar-refractivity contribution is 0.215. The lowest BCUT2D eigenvalue weighted by atomic mass is 10.1. The highest BCUT2D eigenvalue weighted by Gasteiger charge is 2.22. The molecule has 1 N–H and O–H groups in total. The molecule has 2 heterocycles. The first-order valence-electron chi connectivity index (χ1n) is 10.00. The van der Waals surface area contributed by atoms with Gasteiger partial charge in [0.1, 0.15) is 17.4 Å². The minimum Gasteiger partial charge on any atom is -0.508 e. The minimum atomic E-state index is 0.246. The molecule has 0 fully saturated rings. The topological polar surface area (TPSA) is 54.8 Å². The molecule has 0 bridgehead atoms. The highest BCUT2D eigenvalue weighted by molar-refractivity contribution is 7.21. The van der Waals surface area contributed by atoms with Gasteiger partial charge >= 0.3 is 0 Å². The van der Waals surface area contributed by atoms with Gasteiger partial charge in [0.05, 0.1) is 17.3 Å². The van der Waals surface area contributed by atoms with E-state index < -0.39 is 0 Å². The predicted octanol–water partition coefficient (Wildman–Crippen LogP) is 5.73. The number of aromatic nitrogens is 1. The zero-order chi connectivity index (χ0) is 21.4. The Morgan fingerprint density at radius 2 is 2.06 bits per heavy atom. The van der Waals surface area contributed by atoms with Crippen molar-refractivity contribution in [2.45, 2.75) is 13.1 Å². The third kappa shape index (κ3) is 4.06. The van der Waals surface area contributed by atoms with Crippen molar-refractivity contribution < 1.29 is 14.6 Å². The third-order valence-electron chi connectivity index (χ3n) is 5.38. The van der Waals surface area contributed by atoms with E-state index in [-0.39, 0.29) is 5.75 Å². The van der Waals surface area contributed by atoms with Crippen LogP contribution in [0.15, 0.2) is 54.6 Å². The number of hydrogen-bond donors (Lipinski definition) is 1. The second-order valence-electron chi connectivity index (χ2n) is 7.49. The second kappa shape index (κ2) is 8.38. The minimum absolute atomic E-state index is 0.246. The average molecular weight is 453 g/mol. The molecular weight excluding hydrogens is 432 g/mol. The van der Waals surface area contributed by atoms with Gasteiger partial charge in [0.25, 0.3) is 0 Å². The lowest BCUT2D eigenvalue weighted by Crippen LogP contribution is -2.25. The Morgan fingerprint density at radius 1 is 1.19 bits per heavy atom. The molecule has 1 aromatic heterocycles. The van der Waals surface area contributed by atoms with E-state index in [1.54, 1.807) is 30.6 Å². The van der Waals surface area contributed by atoms with E-state index in [1.165, 1.54) is 0 Å². The number of benzene rings is 3. The van der Waals surface area contributed by atoms with Gasteiger partial charge in [0.2, 0.25) is 0 Å². The highest BCUT2D eigenvalue weighted by atomic mass is 35.5. The molecular formula is C24H21ClN2O3S. The normalized spacial score (nSPS) is 14.1. The van der Waals surface area contributed by atoms with Crippen molar-refractivity contribution >= 4 is 33.2 Å². The van der Waals surface area contributed by atoms with Crippen LogP contribution in [0, 0.1) is 0 Å². The number of methoxy groups -OCH3 is 1. The number of thiazole rings is 1. The number of nitrogens with zero attached hydrogens (tertiary/aromatic N) is 2. The Labute approximate surface area is 189 Å². The van der Waals surface area contributed by atoms with Crippen LogP contribution in [0.1, 0.15) is 11.1 Å². The van der Waals surface area contributed by atoms with E-state index in [0.29, 0.717) is 30.5 Å². The number of para-hydroxylation sites is 1. The van der Waals surface area contributed by atoms with Gasteiger partial charge in [0, 0.05) is 41.3 Å². The monoisotopic (exact) mass is 452 g/mol. The van der Waals surface area contributed by atoms with Crippen molar-refractivity contribution in [3.8, 4) is 27.8 Å². The smallest absolute Gasteiger partial charge is 0.165 e. The average Bonchev–Trinajstić information content (AvgIpc) is 3.10. The SMILES string of the molecule is COc1cc(-c2nc3ccccc3s2)cc2c1OCCN(Cc1cc(Cl)ccc1O)C2. The van der Waals surface area contributed by atoms with Crippen LogP contribution in [0.2, 0.25) is 5.02 Å².